The Labute approximate surface area is 75.7 Å². The summed E-state index contributed by atoms with van der Waals surface area (Å²) in [7, 11) is 0. The maximum absolute atomic E-state index is 9.13. The predicted molar refractivity (Wildman–Crippen MR) is 42.8 cm³/mol. The molecule has 0 aliphatic heterocycles. The molecule has 13 heavy (non-hydrogen) atoms. The zero-order valence-corrected chi connectivity index (χ0v) is 7.28. The lowest BCUT2D eigenvalue weighted by Crippen LogP contribution is -2.49. The van der Waals surface area contributed by atoms with Crippen LogP contribution in [0.4, 0.5) is 0 Å². The summed E-state index contributed by atoms with van der Waals surface area (Å²) in [5.74, 6) is 0. The third-order valence-corrected chi connectivity index (χ3v) is 1.78. The second-order valence-electron chi connectivity index (χ2n) is 2.96. The quantitative estimate of drug-likeness (QED) is 0.275. The van der Waals surface area contributed by atoms with Crippen LogP contribution in [0, 0.1) is 0 Å². The van der Waals surface area contributed by atoms with Crippen molar-refractivity contribution in [2.45, 2.75) is 37.4 Å². The highest BCUT2D eigenvalue weighted by atomic mass is 16.4. The monoisotopic (exact) mass is 196 g/mol. The van der Waals surface area contributed by atoms with Crippen molar-refractivity contribution in [3.63, 3.8) is 0 Å². The summed E-state index contributed by atoms with van der Waals surface area (Å²) >= 11 is 0. The van der Waals surface area contributed by atoms with E-state index in [4.69, 9.17) is 30.6 Å². The average Bonchev–Trinajstić information content (AvgIpc) is 2.12. The van der Waals surface area contributed by atoms with E-state index < -0.39 is 37.1 Å². The van der Waals surface area contributed by atoms with Crippen LogP contribution in [-0.4, -0.2) is 67.8 Å². The van der Waals surface area contributed by atoms with Crippen LogP contribution in [0.5, 0.6) is 0 Å². The number of hydrogen-bond acceptors (Lipinski definition) is 6. The molecular weight excluding hydrogens is 180 g/mol. The number of aliphatic hydroxyl groups is 6. The van der Waals surface area contributed by atoms with E-state index in [1.807, 2.05) is 0 Å². The van der Waals surface area contributed by atoms with Gasteiger partial charge in [0, 0.05) is 0 Å². The van der Waals surface area contributed by atoms with Crippen molar-refractivity contribution in [2.75, 3.05) is 6.61 Å². The molecule has 5 atom stereocenters. The Kier molecular flexibility index (Phi) is 5.38. The first-order valence-electron chi connectivity index (χ1n) is 3.93. The van der Waals surface area contributed by atoms with Gasteiger partial charge in [0.2, 0.25) is 0 Å². The molecule has 0 saturated heterocycles. The van der Waals surface area contributed by atoms with Gasteiger partial charge in [-0.05, 0) is 6.92 Å². The minimum absolute atomic E-state index is 0.731. The molecule has 1 unspecified atom stereocenters. The molecular formula is C7H16O6. The van der Waals surface area contributed by atoms with Crippen molar-refractivity contribution in [1.29, 1.82) is 0 Å². The van der Waals surface area contributed by atoms with E-state index in [9.17, 15) is 0 Å². The maximum Gasteiger partial charge on any atom is 0.111 e. The van der Waals surface area contributed by atoms with Crippen LogP contribution >= 0.6 is 0 Å². The highest BCUT2D eigenvalue weighted by molar-refractivity contribution is 4.82. The van der Waals surface area contributed by atoms with E-state index in [2.05, 4.69) is 0 Å². The summed E-state index contributed by atoms with van der Waals surface area (Å²) in [6.07, 6.45) is -7.70. The summed E-state index contributed by atoms with van der Waals surface area (Å²) in [5.41, 5.74) is 0. The molecule has 6 heteroatoms. The maximum atomic E-state index is 9.13. The van der Waals surface area contributed by atoms with Crippen LogP contribution in [0.15, 0.2) is 0 Å². The average molecular weight is 196 g/mol. The van der Waals surface area contributed by atoms with Crippen LogP contribution < -0.4 is 0 Å². The standard InChI is InChI=1S/C7H16O6/c1-3(9)5(11)7(13)6(12)4(10)2-8/h3-13H,2H2,1H3/t3?,4-,5+,6+,7+/m0/s1. The summed E-state index contributed by atoms with van der Waals surface area (Å²) < 4.78 is 0. The van der Waals surface area contributed by atoms with Crippen molar-refractivity contribution in [2.24, 2.45) is 0 Å². The second-order valence-corrected chi connectivity index (χ2v) is 2.96. The molecule has 0 aliphatic rings. The molecule has 0 rings (SSSR count). The number of aliphatic hydroxyl groups excluding tert-OH is 6. The second kappa shape index (κ2) is 5.48. The fraction of sp³-hybridized carbons (Fsp3) is 1.00. The molecule has 0 radical (unpaired) electrons. The third-order valence-electron chi connectivity index (χ3n) is 1.78. The molecule has 0 bridgehead atoms. The summed E-state index contributed by atoms with van der Waals surface area (Å²) in [5, 5.41) is 53.4. The Balaban J connectivity index is 4.15. The van der Waals surface area contributed by atoms with Crippen LogP contribution in [0.2, 0.25) is 0 Å². The van der Waals surface area contributed by atoms with Crippen molar-refractivity contribution >= 4 is 0 Å². The lowest BCUT2D eigenvalue weighted by molar-refractivity contribution is -0.137. The summed E-state index contributed by atoms with van der Waals surface area (Å²) in [6, 6.07) is 0. The lowest BCUT2D eigenvalue weighted by atomic mass is 10.0. The van der Waals surface area contributed by atoms with Gasteiger partial charge in [0.25, 0.3) is 0 Å². The van der Waals surface area contributed by atoms with Gasteiger partial charge in [0.05, 0.1) is 12.7 Å². The van der Waals surface area contributed by atoms with E-state index in [-0.39, 0.29) is 0 Å². The number of rotatable bonds is 5. The minimum Gasteiger partial charge on any atom is -0.394 e. The predicted octanol–water partition coefficient (Wildman–Crippen LogP) is -3.20. The zero-order valence-electron chi connectivity index (χ0n) is 7.28. The van der Waals surface area contributed by atoms with Crippen LogP contribution in [0.25, 0.3) is 0 Å². The largest absolute Gasteiger partial charge is 0.394 e. The van der Waals surface area contributed by atoms with Gasteiger partial charge in [0.15, 0.2) is 0 Å². The molecule has 80 valence electrons. The Bertz CT molecular complexity index is 139. The fourth-order valence-corrected chi connectivity index (χ4v) is 0.823. The Hall–Kier alpha value is -0.240. The van der Waals surface area contributed by atoms with E-state index >= 15 is 0 Å². The normalized spacial score (nSPS) is 23.3. The minimum atomic E-state index is -1.69. The van der Waals surface area contributed by atoms with Crippen molar-refractivity contribution in [3.05, 3.63) is 0 Å². The first kappa shape index (κ1) is 12.8. The van der Waals surface area contributed by atoms with E-state index in [1.165, 1.54) is 6.92 Å². The van der Waals surface area contributed by atoms with Gasteiger partial charge < -0.3 is 30.6 Å². The molecule has 0 amide bonds. The van der Waals surface area contributed by atoms with E-state index in [1.54, 1.807) is 0 Å². The Morgan fingerprint density at radius 2 is 1.31 bits per heavy atom. The van der Waals surface area contributed by atoms with Gasteiger partial charge >= 0.3 is 0 Å². The van der Waals surface area contributed by atoms with Gasteiger partial charge in [-0.15, -0.1) is 0 Å². The van der Waals surface area contributed by atoms with Gasteiger partial charge in [-0.2, -0.15) is 0 Å². The lowest BCUT2D eigenvalue weighted by Gasteiger charge is -2.26. The molecule has 6 N–H and O–H groups in total. The fourth-order valence-electron chi connectivity index (χ4n) is 0.823. The summed E-state index contributed by atoms with van der Waals surface area (Å²) in [4.78, 5) is 0. The summed E-state index contributed by atoms with van der Waals surface area (Å²) in [6.45, 7) is 0.497. The van der Waals surface area contributed by atoms with E-state index in [0.717, 1.165) is 0 Å². The van der Waals surface area contributed by atoms with Crippen LogP contribution in [0.3, 0.4) is 0 Å². The smallest absolute Gasteiger partial charge is 0.111 e. The number of hydrogen-bond donors (Lipinski definition) is 6. The molecule has 0 aromatic carbocycles. The molecule has 0 aromatic rings. The van der Waals surface area contributed by atoms with Crippen molar-refractivity contribution < 1.29 is 30.6 Å². The van der Waals surface area contributed by atoms with Crippen LogP contribution in [0.1, 0.15) is 6.92 Å². The molecule has 0 fully saturated rings. The molecule has 0 aliphatic carbocycles. The van der Waals surface area contributed by atoms with Crippen molar-refractivity contribution in [3.8, 4) is 0 Å². The van der Waals surface area contributed by atoms with Gasteiger partial charge in [-0.1, -0.05) is 0 Å². The highest BCUT2D eigenvalue weighted by Crippen LogP contribution is 2.07. The van der Waals surface area contributed by atoms with Gasteiger partial charge in [0.1, 0.15) is 24.4 Å². The zero-order chi connectivity index (χ0) is 10.6. The Morgan fingerprint density at radius 3 is 1.62 bits per heavy atom. The first-order valence-corrected chi connectivity index (χ1v) is 3.93. The molecule has 0 spiro atoms. The molecule has 6 nitrogen and oxygen atoms in total. The van der Waals surface area contributed by atoms with E-state index in [0.29, 0.717) is 0 Å². The molecule has 0 aromatic heterocycles. The SMILES string of the molecule is CC(O)[C@@H](O)[C@@H](O)[C@H](O)[C@@H](O)CO. The third kappa shape index (κ3) is 3.55. The highest BCUT2D eigenvalue weighted by Gasteiger charge is 2.32. The topological polar surface area (TPSA) is 121 Å². The Morgan fingerprint density at radius 1 is 0.846 bits per heavy atom. The molecule has 0 saturated carbocycles. The van der Waals surface area contributed by atoms with Gasteiger partial charge in [-0.25, -0.2) is 0 Å². The van der Waals surface area contributed by atoms with Crippen molar-refractivity contribution in [1.82, 2.24) is 0 Å². The van der Waals surface area contributed by atoms with Gasteiger partial charge in [-0.3, -0.25) is 0 Å². The van der Waals surface area contributed by atoms with Crippen LogP contribution in [-0.2, 0) is 0 Å². The molecule has 0 heterocycles. The first-order chi connectivity index (χ1) is 5.91.